The summed E-state index contributed by atoms with van der Waals surface area (Å²) in [7, 11) is 0. The van der Waals surface area contributed by atoms with Gasteiger partial charge in [-0.2, -0.15) is 5.10 Å². The molecule has 1 amide bonds. The summed E-state index contributed by atoms with van der Waals surface area (Å²) in [4.78, 5) is 11.9. The molecule has 0 spiro atoms. The maximum Gasteiger partial charge on any atom is 0.271 e. The molecular weight excluding hydrogens is 296 g/mol. The van der Waals surface area contributed by atoms with Crippen LogP contribution in [0.5, 0.6) is 0 Å². The number of fused-ring (bicyclic) bond motifs is 1. The van der Waals surface area contributed by atoms with Gasteiger partial charge in [-0.05, 0) is 41.7 Å². The summed E-state index contributed by atoms with van der Waals surface area (Å²) in [5, 5.41) is 4.74. The van der Waals surface area contributed by atoms with E-state index in [0.717, 1.165) is 24.0 Å². The van der Waals surface area contributed by atoms with Crippen molar-refractivity contribution < 1.29 is 4.79 Å². The minimum atomic E-state index is -0.232. The van der Waals surface area contributed by atoms with E-state index in [1.54, 1.807) is 18.3 Å². The third-order valence-electron chi connectivity index (χ3n) is 3.62. The van der Waals surface area contributed by atoms with Crippen LogP contribution >= 0.6 is 11.6 Å². The van der Waals surface area contributed by atoms with Gasteiger partial charge in [0.1, 0.15) is 0 Å². The van der Waals surface area contributed by atoms with Gasteiger partial charge in [0.25, 0.3) is 5.91 Å². The number of carbonyl (C=O) groups is 1. The minimum Gasteiger partial charge on any atom is -0.267 e. The molecule has 3 nitrogen and oxygen atoms in total. The standard InChI is InChI=1S/C18H15ClN2O/c19-17-15(11-10-13-6-4-5-9-16(13)17)12-20-21-18(22)14-7-2-1-3-8-14/h1-9,12H,10-11H2,(H,21,22)/b20-12-. The zero-order valence-corrected chi connectivity index (χ0v) is 12.7. The highest BCUT2D eigenvalue weighted by Gasteiger charge is 2.15. The maximum atomic E-state index is 11.9. The van der Waals surface area contributed by atoms with Gasteiger partial charge in [-0.1, -0.05) is 54.1 Å². The zero-order valence-electron chi connectivity index (χ0n) is 11.9. The Hall–Kier alpha value is -2.39. The predicted octanol–water partition coefficient (Wildman–Crippen LogP) is 4.00. The molecule has 1 aliphatic carbocycles. The fraction of sp³-hybridized carbons (Fsp3) is 0.111. The predicted molar refractivity (Wildman–Crippen MR) is 89.9 cm³/mol. The van der Waals surface area contributed by atoms with Crippen molar-refractivity contribution in [3.05, 3.63) is 76.9 Å². The Morgan fingerprint density at radius 3 is 2.59 bits per heavy atom. The molecule has 2 aromatic rings. The number of halogens is 1. The van der Waals surface area contributed by atoms with E-state index in [-0.39, 0.29) is 5.91 Å². The van der Waals surface area contributed by atoms with Gasteiger partial charge in [-0.3, -0.25) is 4.79 Å². The van der Waals surface area contributed by atoms with E-state index in [9.17, 15) is 4.79 Å². The number of nitrogens with one attached hydrogen (secondary N) is 1. The lowest BCUT2D eigenvalue weighted by atomic mass is 9.92. The van der Waals surface area contributed by atoms with E-state index in [0.29, 0.717) is 10.6 Å². The number of aryl methyl sites for hydroxylation is 1. The lowest BCUT2D eigenvalue weighted by Crippen LogP contribution is -2.17. The molecule has 0 fully saturated rings. The quantitative estimate of drug-likeness (QED) is 0.675. The van der Waals surface area contributed by atoms with Crippen molar-refractivity contribution in [2.24, 2.45) is 5.10 Å². The lowest BCUT2D eigenvalue weighted by molar-refractivity contribution is 0.0955. The van der Waals surface area contributed by atoms with Crippen LogP contribution in [0.25, 0.3) is 5.03 Å². The van der Waals surface area contributed by atoms with Crippen LogP contribution in [-0.4, -0.2) is 12.1 Å². The van der Waals surface area contributed by atoms with Gasteiger partial charge in [-0.15, -0.1) is 0 Å². The molecule has 1 aliphatic rings. The first-order valence-electron chi connectivity index (χ1n) is 7.11. The van der Waals surface area contributed by atoms with Gasteiger partial charge in [-0.25, -0.2) is 5.43 Å². The summed E-state index contributed by atoms with van der Waals surface area (Å²) in [5.41, 5.74) is 6.34. The van der Waals surface area contributed by atoms with Crippen LogP contribution in [0.4, 0.5) is 0 Å². The van der Waals surface area contributed by atoms with Crippen LogP contribution in [-0.2, 0) is 6.42 Å². The SMILES string of the molecule is O=C(N/N=C\C1=C(Cl)c2ccccc2CC1)c1ccccc1. The molecule has 0 saturated heterocycles. The summed E-state index contributed by atoms with van der Waals surface area (Å²) in [6.45, 7) is 0. The molecule has 2 aromatic carbocycles. The summed E-state index contributed by atoms with van der Waals surface area (Å²) < 4.78 is 0. The van der Waals surface area contributed by atoms with Gasteiger partial charge in [0, 0.05) is 5.56 Å². The van der Waals surface area contributed by atoms with Crippen molar-refractivity contribution in [1.29, 1.82) is 0 Å². The molecule has 0 aliphatic heterocycles. The second-order valence-electron chi connectivity index (χ2n) is 5.06. The molecule has 22 heavy (non-hydrogen) atoms. The Bertz CT molecular complexity index is 751. The molecule has 0 atom stereocenters. The average Bonchev–Trinajstić information content (AvgIpc) is 2.58. The second-order valence-corrected chi connectivity index (χ2v) is 5.44. The lowest BCUT2D eigenvalue weighted by Gasteiger charge is -2.17. The van der Waals surface area contributed by atoms with Crippen LogP contribution in [0.3, 0.4) is 0 Å². The van der Waals surface area contributed by atoms with Crippen molar-refractivity contribution in [2.75, 3.05) is 0 Å². The first-order valence-corrected chi connectivity index (χ1v) is 7.49. The largest absolute Gasteiger partial charge is 0.271 e. The third-order valence-corrected chi connectivity index (χ3v) is 4.07. The Balaban J connectivity index is 1.72. The number of benzene rings is 2. The van der Waals surface area contributed by atoms with Gasteiger partial charge >= 0.3 is 0 Å². The first kappa shape index (κ1) is 14.5. The van der Waals surface area contributed by atoms with E-state index in [4.69, 9.17) is 11.6 Å². The maximum absolute atomic E-state index is 11.9. The normalized spacial score (nSPS) is 14.0. The van der Waals surface area contributed by atoms with Gasteiger partial charge < -0.3 is 0 Å². The monoisotopic (exact) mass is 310 g/mol. The summed E-state index contributed by atoms with van der Waals surface area (Å²) in [5.74, 6) is -0.232. The van der Waals surface area contributed by atoms with Crippen molar-refractivity contribution in [3.8, 4) is 0 Å². The number of rotatable bonds is 3. The Morgan fingerprint density at radius 2 is 1.77 bits per heavy atom. The van der Waals surface area contributed by atoms with E-state index < -0.39 is 0 Å². The smallest absolute Gasteiger partial charge is 0.267 e. The van der Waals surface area contributed by atoms with Crippen molar-refractivity contribution >= 4 is 28.8 Å². The van der Waals surface area contributed by atoms with Gasteiger partial charge in [0.15, 0.2) is 0 Å². The number of hydrazone groups is 1. The molecule has 0 heterocycles. The zero-order chi connectivity index (χ0) is 15.4. The molecular formula is C18H15ClN2O. The fourth-order valence-corrected chi connectivity index (χ4v) is 2.78. The van der Waals surface area contributed by atoms with Crippen molar-refractivity contribution in [1.82, 2.24) is 5.43 Å². The Morgan fingerprint density at radius 1 is 1.05 bits per heavy atom. The Kier molecular flexibility index (Phi) is 4.35. The molecule has 0 bridgehead atoms. The number of nitrogens with zero attached hydrogens (tertiary/aromatic N) is 1. The van der Waals surface area contributed by atoms with Crippen LogP contribution in [0, 0.1) is 0 Å². The highest BCUT2D eigenvalue weighted by molar-refractivity contribution is 6.50. The van der Waals surface area contributed by atoms with E-state index in [2.05, 4.69) is 16.6 Å². The highest BCUT2D eigenvalue weighted by atomic mass is 35.5. The number of hydrogen-bond acceptors (Lipinski definition) is 2. The summed E-state index contributed by atoms with van der Waals surface area (Å²) in [6.07, 6.45) is 3.39. The molecule has 0 unspecified atom stereocenters. The molecule has 3 rings (SSSR count). The summed E-state index contributed by atoms with van der Waals surface area (Å²) in [6, 6.07) is 17.1. The number of hydrogen-bond donors (Lipinski definition) is 1. The molecule has 0 radical (unpaired) electrons. The minimum absolute atomic E-state index is 0.232. The van der Waals surface area contributed by atoms with E-state index in [1.807, 2.05) is 36.4 Å². The van der Waals surface area contributed by atoms with Crippen molar-refractivity contribution in [3.63, 3.8) is 0 Å². The molecule has 110 valence electrons. The molecule has 4 heteroatoms. The van der Waals surface area contributed by atoms with Crippen LogP contribution in [0.2, 0.25) is 0 Å². The van der Waals surface area contributed by atoms with Crippen molar-refractivity contribution in [2.45, 2.75) is 12.8 Å². The van der Waals surface area contributed by atoms with Gasteiger partial charge in [0.05, 0.1) is 11.2 Å². The molecule has 0 saturated carbocycles. The van der Waals surface area contributed by atoms with Crippen LogP contribution in [0.1, 0.15) is 27.9 Å². The van der Waals surface area contributed by atoms with E-state index >= 15 is 0 Å². The van der Waals surface area contributed by atoms with E-state index in [1.165, 1.54) is 5.56 Å². The first-order chi connectivity index (χ1) is 10.8. The fourth-order valence-electron chi connectivity index (χ4n) is 2.45. The average molecular weight is 311 g/mol. The number of amides is 1. The topological polar surface area (TPSA) is 41.5 Å². The van der Waals surface area contributed by atoms with Crippen LogP contribution < -0.4 is 5.43 Å². The second kappa shape index (κ2) is 6.58. The highest BCUT2D eigenvalue weighted by Crippen LogP contribution is 2.32. The van der Waals surface area contributed by atoms with Crippen LogP contribution in [0.15, 0.2) is 65.3 Å². The number of carbonyl (C=O) groups excluding carboxylic acids is 1. The van der Waals surface area contributed by atoms with Gasteiger partial charge in [0.2, 0.25) is 0 Å². The summed E-state index contributed by atoms with van der Waals surface area (Å²) >= 11 is 6.42. The molecule has 0 aromatic heterocycles. The molecule has 1 N–H and O–H groups in total. The Labute approximate surface area is 134 Å². The third kappa shape index (κ3) is 3.10. The number of allylic oxidation sites excluding steroid dienone is 1.